The van der Waals surface area contributed by atoms with Gasteiger partial charge < -0.3 is 5.73 Å². The number of benzene rings is 1. The van der Waals surface area contributed by atoms with E-state index in [0.29, 0.717) is 6.04 Å². The van der Waals surface area contributed by atoms with Crippen molar-refractivity contribution in [2.45, 2.75) is 32.9 Å². The van der Waals surface area contributed by atoms with Crippen LogP contribution in [0.3, 0.4) is 0 Å². The average molecular weight is 252 g/mol. The van der Waals surface area contributed by atoms with E-state index in [1.54, 1.807) is 0 Å². The Balaban J connectivity index is 2.55. The highest BCUT2D eigenvalue weighted by molar-refractivity contribution is 7.98. The molecule has 0 bridgehead atoms. The topological polar surface area (TPSA) is 29.3 Å². The van der Waals surface area contributed by atoms with E-state index in [-0.39, 0.29) is 0 Å². The maximum Gasteiger partial charge on any atom is 0.0346 e. The summed E-state index contributed by atoms with van der Waals surface area (Å²) < 4.78 is 0. The molecule has 1 aromatic carbocycles. The maximum atomic E-state index is 5.93. The van der Waals surface area contributed by atoms with Gasteiger partial charge in [-0.1, -0.05) is 12.1 Å². The Hall–Kier alpha value is -0.670. The van der Waals surface area contributed by atoms with E-state index < -0.39 is 0 Å². The fourth-order valence-electron chi connectivity index (χ4n) is 1.74. The van der Waals surface area contributed by atoms with Crippen molar-refractivity contribution in [2.24, 2.45) is 0 Å². The van der Waals surface area contributed by atoms with Crippen LogP contribution in [-0.2, 0) is 6.54 Å². The predicted octanol–water partition coefficient (Wildman–Crippen LogP) is 3.15. The zero-order valence-electron chi connectivity index (χ0n) is 11.4. The number of rotatable bonds is 6. The molecule has 0 radical (unpaired) electrons. The van der Waals surface area contributed by atoms with Crippen molar-refractivity contribution in [3.63, 3.8) is 0 Å². The SMILES string of the molecule is CSCCC(C)N(C)Cc1ccc(C)c(N)c1. The largest absolute Gasteiger partial charge is 0.399 e. The van der Waals surface area contributed by atoms with Gasteiger partial charge >= 0.3 is 0 Å². The van der Waals surface area contributed by atoms with E-state index in [2.05, 4.69) is 43.3 Å². The fraction of sp³-hybridized carbons (Fsp3) is 0.571. The number of nitrogens with zero attached hydrogens (tertiary/aromatic N) is 1. The summed E-state index contributed by atoms with van der Waals surface area (Å²) in [4.78, 5) is 2.39. The molecule has 17 heavy (non-hydrogen) atoms. The summed E-state index contributed by atoms with van der Waals surface area (Å²) in [5, 5.41) is 0. The summed E-state index contributed by atoms with van der Waals surface area (Å²) in [6, 6.07) is 6.98. The van der Waals surface area contributed by atoms with E-state index in [9.17, 15) is 0 Å². The van der Waals surface area contributed by atoms with Gasteiger partial charge in [0.1, 0.15) is 0 Å². The normalized spacial score (nSPS) is 13.0. The van der Waals surface area contributed by atoms with Crippen molar-refractivity contribution in [1.82, 2.24) is 4.90 Å². The van der Waals surface area contributed by atoms with Gasteiger partial charge in [-0.15, -0.1) is 0 Å². The van der Waals surface area contributed by atoms with Gasteiger partial charge in [0.15, 0.2) is 0 Å². The molecule has 0 heterocycles. The summed E-state index contributed by atoms with van der Waals surface area (Å²) in [7, 11) is 2.18. The van der Waals surface area contributed by atoms with Crippen LogP contribution in [0.2, 0.25) is 0 Å². The molecule has 0 aliphatic heterocycles. The summed E-state index contributed by atoms with van der Waals surface area (Å²) in [6.07, 6.45) is 3.40. The van der Waals surface area contributed by atoms with Crippen LogP contribution < -0.4 is 5.73 Å². The van der Waals surface area contributed by atoms with E-state index >= 15 is 0 Å². The third kappa shape index (κ3) is 4.60. The van der Waals surface area contributed by atoms with E-state index in [1.165, 1.54) is 17.7 Å². The Morgan fingerprint density at radius 2 is 2.12 bits per heavy atom. The lowest BCUT2D eigenvalue weighted by Gasteiger charge is -2.24. The Morgan fingerprint density at radius 3 is 2.71 bits per heavy atom. The molecule has 2 nitrogen and oxygen atoms in total. The third-order valence-corrected chi connectivity index (χ3v) is 3.91. The minimum Gasteiger partial charge on any atom is -0.399 e. The van der Waals surface area contributed by atoms with Crippen molar-refractivity contribution < 1.29 is 0 Å². The molecule has 3 heteroatoms. The highest BCUT2D eigenvalue weighted by Crippen LogP contribution is 2.16. The van der Waals surface area contributed by atoms with Crippen LogP contribution in [0.5, 0.6) is 0 Å². The van der Waals surface area contributed by atoms with Gasteiger partial charge in [0, 0.05) is 18.3 Å². The molecule has 0 aliphatic rings. The number of thioether (sulfide) groups is 1. The second kappa shape index (κ2) is 6.92. The quantitative estimate of drug-likeness (QED) is 0.789. The first-order valence-corrected chi connectivity index (χ1v) is 7.48. The summed E-state index contributed by atoms with van der Waals surface area (Å²) in [6.45, 7) is 5.30. The molecule has 2 N–H and O–H groups in total. The molecule has 0 amide bonds. The number of nitrogens with two attached hydrogens (primary N) is 1. The summed E-state index contributed by atoms with van der Waals surface area (Å²) in [5.41, 5.74) is 9.28. The average Bonchev–Trinajstić information content (AvgIpc) is 2.30. The Labute approximate surface area is 110 Å². The fourth-order valence-corrected chi connectivity index (χ4v) is 2.32. The van der Waals surface area contributed by atoms with Crippen LogP contribution in [0.25, 0.3) is 0 Å². The molecule has 96 valence electrons. The molecule has 0 saturated carbocycles. The number of hydrogen-bond donors (Lipinski definition) is 1. The molecular formula is C14H24N2S. The Bertz CT molecular complexity index is 352. The smallest absolute Gasteiger partial charge is 0.0346 e. The van der Waals surface area contributed by atoms with Gasteiger partial charge in [-0.25, -0.2) is 0 Å². The Morgan fingerprint density at radius 1 is 1.41 bits per heavy atom. The molecule has 1 rings (SSSR count). The van der Waals surface area contributed by atoms with Crippen LogP contribution >= 0.6 is 11.8 Å². The number of aryl methyl sites for hydroxylation is 1. The standard InChI is InChI=1S/C14H24N2S/c1-11-5-6-13(9-14(11)15)10-16(3)12(2)7-8-17-4/h5-6,9,12H,7-8,10,15H2,1-4H3. The third-order valence-electron chi connectivity index (χ3n) is 3.27. The van der Waals surface area contributed by atoms with E-state index in [1.807, 2.05) is 18.7 Å². The van der Waals surface area contributed by atoms with Crippen LogP contribution in [0, 0.1) is 6.92 Å². The number of anilines is 1. The highest BCUT2D eigenvalue weighted by atomic mass is 32.2. The molecule has 1 aromatic rings. The minimum absolute atomic E-state index is 0.616. The molecule has 0 spiro atoms. The first-order valence-electron chi connectivity index (χ1n) is 6.08. The second-order valence-corrected chi connectivity index (χ2v) is 5.72. The molecule has 0 aliphatic carbocycles. The van der Waals surface area contributed by atoms with Gasteiger partial charge in [-0.3, -0.25) is 4.90 Å². The van der Waals surface area contributed by atoms with Crippen molar-refractivity contribution in [3.8, 4) is 0 Å². The second-order valence-electron chi connectivity index (χ2n) is 4.74. The Kier molecular flexibility index (Phi) is 5.86. The van der Waals surface area contributed by atoms with Crippen molar-refractivity contribution >= 4 is 17.4 Å². The molecule has 1 atom stereocenters. The van der Waals surface area contributed by atoms with Gasteiger partial charge in [0.25, 0.3) is 0 Å². The molecule has 1 unspecified atom stereocenters. The maximum absolute atomic E-state index is 5.93. The highest BCUT2D eigenvalue weighted by Gasteiger charge is 2.09. The van der Waals surface area contributed by atoms with Gasteiger partial charge in [0.2, 0.25) is 0 Å². The lowest BCUT2D eigenvalue weighted by Crippen LogP contribution is -2.29. The molecule has 0 saturated heterocycles. The number of hydrogen-bond acceptors (Lipinski definition) is 3. The van der Waals surface area contributed by atoms with Crippen LogP contribution in [0.15, 0.2) is 18.2 Å². The molecule has 0 aromatic heterocycles. The van der Waals surface area contributed by atoms with Crippen LogP contribution in [0.4, 0.5) is 5.69 Å². The zero-order valence-corrected chi connectivity index (χ0v) is 12.2. The van der Waals surface area contributed by atoms with Crippen molar-refractivity contribution in [2.75, 3.05) is 24.8 Å². The number of nitrogen functional groups attached to an aromatic ring is 1. The van der Waals surface area contributed by atoms with Gasteiger partial charge in [-0.05, 0) is 56.5 Å². The molecule has 0 fully saturated rings. The van der Waals surface area contributed by atoms with Crippen molar-refractivity contribution in [3.05, 3.63) is 29.3 Å². The summed E-state index contributed by atoms with van der Waals surface area (Å²) >= 11 is 1.91. The summed E-state index contributed by atoms with van der Waals surface area (Å²) in [5.74, 6) is 1.22. The first kappa shape index (κ1) is 14.4. The van der Waals surface area contributed by atoms with Gasteiger partial charge in [-0.2, -0.15) is 11.8 Å². The zero-order chi connectivity index (χ0) is 12.8. The predicted molar refractivity (Wildman–Crippen MR) is 79.5 cm³/mol. The lowest BCUT2D eigenvalue weighted by atomic mass is 10.1. The van der Waals surface area contributed by atoms with Crippen LogP contribution in [0.1, 0.15) is 24.5 Å². The monoisotopic (exact) mass is 252 g/mol. The molecular weight excluding hydrogens is 228 g/mol. The first-order chi connectivity index (χ1) is 8.04. The van der Waals surface area contributed by atoms with Gasteiger partial charge in [0.05, 0.1) is 0 Å². The van der Waals surface area contributed by atoms with E-state index in [4.69, 9.17) is 5.73 Å². The van der Waals surface area contributed by atoms with Crippen LogP contribution in [-0.4, -0.2) is 30.0 Å². The van der Waals surface area contributed by atoms with E-state index in [0.717, 1.165) is 17.8 Å². The minimum atomic E-state index is 0.616. The lowest BCUT2D eigenvalue weighted by molar-refractivity contribution is 0.245. The van der Waals surface area contributed by atoms with Crippen molar-refractivity contribution in [1.29, 1.82) is 0 Å².